The molecule has 0 unspecified atom stereocenters. The number of benzene rings is 1. The Morgan fingerprint density at radius 1 is 1.06 bits per heavy atom. The van der Waals surface area contributed by atoms with E-state index in [0.717, 1.165) is 0 Å². The first kappa shape index (κ1) is 16.3. The molecule has 0 aromatic heterocycles. The van der Waals surface area contributed by atoms with Gasteiger partial charge in [-0.05, 0) is 37.1 Å². The zero-order valence-corrected chi connectivity index (χ0v) is 11.1. The fourth-order valence-electron chi connectivity index (χ4n) is 1.07. The molecule has 0 heterocycles. The summed E-state index contributed by atoms with van der Waals surface area (Å²) < 4.78 is 48.9. The van der Waals surface area contributed by atoms with Crippen molar-refractivity contribution in [3.63, 3.8) is 0 Å². The standard InChI is InChI=1S/C10H10F4S.C2H6/c1-6-4-9(7(2)3-8(6)11)15-5-10(12,13)14;1-2/h3-4H,5H2,1-2H3;1-2H3. The highest BCUT2D eigenvalue weighted by Gasteiger charge is 2.27. The molecule has 0 nitrogen and oxygen atoms in total. The van der Waals surface area contributed by atoms with Gasteiger partial charge in [0.25, 0.3) is 0 Å². The summed E-state index contributed by atoms with van der Waals surface area (Å²) in [6, 6.07) is 2.70. The van der Waals surface area contributed by atoms with Crippen molar-refractivity contribution in [3.8, 4) is 0 Å². The topological polar surface area (TPSA) is 0 Å². The minimum absolute atomic E-state index is 0.366. The van der Waals surface area contributed by atoms with Crippen molar-refractivity contribution >= 4 is 11.8 Å². The summed E-state index contributed by atoms with van der Waals surface area (Å²) in [5.74, 6) is -1.33. The molecule has 0 saturated carbocycles. The maximum Gasteiger partial charge on any atom is 0.398 e. The van der Waals surface area contributed by atoms with Crippen LogP contribution in [-0.4, -0.2) is 11.9 Å². The molecular formula is C12H16F4S. The minimum atomic E-state index is -4.20. The first-order valence-electron chi connectivity index (χ1n) is 5.26. The van der Waals surface area contributed by atoms with Crippen LogP contribution in [-0.2, 0) is 0 Å². The van der Waals surface area contributed by atoms with Gasteiger partial charge in [-0.1, -0.05) is 13.8 Å². The molecular weight excluding hydrogens is 252 g/mol. The van der Waals surface area contributed by atoms with Gasteiger partial charge in [-0.15, -0.1) is 11.8 Å². The van der Waals surface area contributed by atoms with Gasteiger partial charge in [0, 0.05) is 4.90 Å². The Hall–Kier alpha value is -0.710. The molecule has 98 valence electrons. The van der Waals surface area contributed by atoms with Crippen LogP contribution in [0.15, 0.2) is 17.0 Å². The average Bonchev–Trinajstić information content (AvgIpc) is 2.23. The molecule has 0 amide bonds. The molecule has 1 rings (SSSR count). The van der Waals surface area contributed by atoms with E-state index in [2.05, 4.69) is 0 Å². The van der Waals surface area contributed by atoms with Crippen molar-refractivity contribution in [3.05, 3.63) is 29.1 Å². The fraction of sp³-hybridized carbons (Fsp3) is 0.500. The van der Waals surface area contributed by atoms with Crippen molar-refractivity contribution in [2.75, 3.05) is 5.75 Å². The van der Waals surface area contributed by atoms with Gasteiger partial charge in [-0.25, -0.2) is 4.39 Å². The zero-order chi connectivity index (χ0) is 13.6. The van der Waals surface area contributed by atoms with Crippen LogP contribution in [0.1, 0.15) is 25.0 Å². The van der Waals surface area contributed by atoms with Crippen LogP contribution >= 0.6 is 11.8 Å². The third kappa shape index (κ3) is 5.96. The zero-order valence-electron chi connectivity index (χ0n) is 10.3. The van der Waals surface area contributed by atoms with Crippen LogP contribution in [0, 0.1) is 19.7 Å². The molecule has 0 aliphatic carbocycles. The Kier molecular flexibility index (Phi) is 6.60. The van der Waals surface area contributed by atoms with Gasteiger partial charge < -0.3 is 0 Å². The second-order valence-electron chi connectivity index (χ2n) is 3.27. The molecule has 0 saturated heterocycles. The number of thioether (sulfide) groups is 1. The molecule has 1 aromatic rings. The summed E-state index contributed by atoms with van der Waals surface area (Å²) in [6.07, 6.45) is -4.20. The second-order valence-corrected chi connectivity index (χ2v) is 4.29. The van der Waals surface area contributed by atoms with E-state index >= 15 is 0 Å². The molecule has 0 spiro atoms. The molecule has 0 atom stereocenters. The monoisotopic (exact) mass is 268 g/mol. The summed E-state index contributed by atoms with van der Waals surface area (Å²) in [4.78, 5) is 0.478. The summed E-state index contributed by atoms with van der Waals surface area (Å²) in [6.45, 7) is 7.13. The quantitative estimate of drug-likeness (QED) is 0.529. The van der Waals surface area contributed by atoms with E-state index in [0.29, 0.717) is 27.8 Å². The Morgan fingerprint density at radius 2 is 1.59 bits per heavy atom. The molecule has 0 aliphatic rings. The lowest BCUT2D eigenvalue weighted by atomic mass is 10.1. The predicted molar refractivity (Wildman–Crippen MR) is 64.0 cm³/mol. The van der Waals surface area contributed by atoms with Crippen molar-refractivity contribution in [2.45, 2.75) is 38.8 Å². The van der Waals surface area contributed by atoms with Crippen LogP contribution in [0.4, 0.5) is 17.6 Å². The number of rotatable bonds is 2. The first-order chi connectivity index (χ1) is 7.79. The van der Waals surface area contributed by atoms with Gasteiger partial charge in [-0.3, -0.25) is 0 Å². The normalized spacial score (nSPS) is 10.8. The highest BCUT2D eigenvalue weighted by Crippen LogP contribution is 2.30. The van der Waals surface area contributed by atoms with Crippen LogP contribution < -0.4 is 0 Å². The van der Waals surface area contributed by atoms with Crippen molar-refractivity contribution in [1.29, 1.82) is 0 Å². The number of hydrogen-bond acceptors (Lipinski definition) is 1. The van der Waals surface area contributed by atoms with Crippen LogP contribution in [0.3, 0.4) is 0 Å². The maximum atomic E-state index is 13.0. The van der Waals surface area contributed by atoms with Gasteiger partial charge in [0.15, 0.2) is 0 Å². The van der Waals surface area contributed by atoms with E-state index in [9.17, 15) is 17.6 Å². The van der Waals surface area contributed by atoms with E-state index in [1.165, 1.54) is 19.1 Å². The Labute approximate surface area is 103 Å². The highest BCUT2D eigenvalue weighted by atomic mass is 32.2. The lowest BCUT2D eigenvalue weighted by Gasteiger charge is -2.09. The van der Waals surface area contributed by atoms with Gasteiger partial charge in [0.2, 0.25) is 0 Å². The molecule has 0 N–H and O–H groups in total. The lowest BCUT2D eigenvalue weighted by molar-refractivity contribution is -0.105. The molecule has 0 aliphatic heterocycles. The molecule has 0 bridgehead atoms. The summed E-state index contributed by atoms with van der Waals surface area (Å²) >= 11 is 0.685. The summed E-state index contributed by atoms with van der Waals surface area (Å²) in [5.41, 5.74) is 0.901. The number of aryl methyl sites for hydroxylation is 2. The predicted octanol–water partition coefficient (Wildman–Crippen LogP) is 5.12. The van der Waals surface area contributed by atoms with Crippen molar-refractivity contribution in [1.82, 2.24) is 0 Å². The van der Waals surface area contributed by atoms with Gasteiger partial charge in [-0.2, -0.15) is 13.2 Å². The molecule has 0 radical (unpaired) electrons. The third-order valence-corrected chi connectivity index (χ3v) is 3.07. The molecule has 5 heteroatoms. The average molecular weight is 268 g/mol. The van der Waals surface area contributed by atoms with E-state index in [-0.39, 0.29) is 5.82 Å². The molecule has 0 fully saturated rings. The number of alkyl halides is 3. The lowest BCUT2D eigenvalue weighted by Crippen LogP contribution is -2.10. The van der Waals surface area contributed by atoms with E-state index in [4.69, 9.17) is 0 Å². The Bertz CT molecular complexity index is 358. The fourth-order valence-corrected chi connectivity index (χ4v) is 1.94. The summed E-state index contributed by atoms with van der Waals surface area (Å²) in [7, 11) is 0. The summed E-state index contributed by atoms with van der Waals surface area (Å²) in [5, 5.41) is 0. The maximum absolute atomic E-state index is 13.0. The molecule has 1 aromatic carbocycles. The molecule has 17 heavy (non-hydrogen) atoms. The minimum Gasteiger partial charge on any atom is -0.207 e. The van der Waals surface area contributed by atoms with Crippen molar-refractivity contribution in [2.24, 2.45) is 0 Å². The smallest absolute Gasteiger partial charge is 0.207 e. The van der Waals surface area contributed by atoms with Crippen LogP contribution in [0.25, 0.3) is 0 Å². The van der Waals surface area contributed by atoms with Gasteiger partial charge in [0.05, 0.1) is 5.75 Å². The van der Waals surface area contributed by atoms with Gasteiger partial charge in [0.1, 0.15) is 5.82 Å². The largest absolute Gasteiger partial charge is 0.398 e. The number of hydrogen-bond donors (Lipinski definition) is 0. The highest BCUT2D eigenvalue weighted by molar-refractivity contribution is 7.99. The second kappa shape index (κ2) is 6.89. The van der Waals surface area contributed by atoms with Crippen molar-refractivity contribution < 1.29 is 17.6 Å². The third-order valence-electron chi connectivity index (χ3n) is 1.85. The van der Waals surface area contributed by atoms with Gasteiger partial charge >= 0.3 is 6.18 Å². The Balaban J connectivity index is 0.00000121. The first-order valence-corrected chi connectivity index (χ1v) is 6.24. The Morgan fingerprint density at radius 3 is 2.06 bits per heavy atom. The van der Waals surface area contributed by atoms with Crippen LogP contribution in [0.5, 0.6) is 0 Å². The SMILES string of the molecule is CC.Cc1cc(SCC(F)(F)F)c(C)cc1F. The van der Waals surface area contributed by atoms with E-state index < -0.39 is 11.9 Å². The van der Waals surface area contributed by atoms with E-state index in [1.807, 2.05) is 13.8 Å². The van der Waals surface area contributed by atoms with E-state index in [1.54, 1.807) is 6.92 Å². The number of halogens is 4. The van der Waals surface area contributed by atoms with Crippen LogP contribution in [0.2, 0.25) is 0 Å².